The molecule has 448 valence electrons. The van der Waals surface area contributed by atoms with Crippen LogP contribution in [0.1, 0.15) is 125 Å². The molecule has 2 aliphatic heterocycles. The number of aliphatic hydroxyl groups excluding tert-OH is 1. The zero-order chi connectivity index (χ0) is 60.0. The lowest BCUT2D eigenvalue weighted by molar-refractivity contribution is -0.146. The van der Waals surface area contributed by atoms with Crippen LogP contribution in [0.2, 0.25) is 0 Å². The van der Waals surface area contributed by atoms with E-state index in [1.54, 1.807) is 23.7 Å². The number of aryl methyl sites for hydroxylation is 1. The van der Waals surface area contributed by atoms with Gasteiger partial charge in [0.05, 0.1) is 56.6 Å². The van der Waals surface area contributed by atoms with Gasteiger partial charge in [0.25, 0.3) is 5.91 Å². The Morgan fingerprint density at radius 2 is 1.57 bits per heavy atom. The fourth-order valence-corrected chi connectivity index (χ4v) is 12.4. The van der Waals surface area contributed by atoms with Crippen LogP contribution in [0, 0.1) is 12.3 Å². The molecule has 5 heterocycles. The number of rotatable bonds is 24. The molecule has 17 nitrogen and oxygen atoms in total. The van der Waals surface area contributed by atoms with Gasteiger partial charge >= 0.3 is 6.18 Å². The van der Waals surface area contributed by atoms with Crippen molar-refractivity contribution in [2.75, 3.05) is 52.5 Å². The van der Waals surface area contributed by atoms with Crippen LogP contribution < -0.4 is 21.1 Å². The number of thiophene rings is 1. The van der Waals surface area contributed by atoms with Crippen LogP contribution in [0.25, 0.3) is 26.5 Å². The highest BCUT2D eigenvalue weighted by Crippen LogP contribution is 2.40. The summed E-state index contributed by atoms with van der Waals surface area (Å²) in [6.45, 7) is 22.3. The number of β-amino-alcohol motifs (C(OH)–C–C–N with tert-alkyl or cyclic N) is 1. The van der Waals surface area contributed by atoms with Crippen molar-refractivity contribution >= 4 is 57.3 Å². The largest absolute Gasteiger partial charge is 0.484 e. The Labute approximate surface area is 491 Å². The molecule has 0 bridgehead atoms. The van der Waals surface area contributed by atoms with Crippen molar-refractivity contribution in [2.24, 2.45) is 11.1 Å². The molecule has 3 unspecified atom stereocenters. The Bertz CT molecular complexity index is 3230. The first-order valence-electron chi connectivity index (χ1n) is 28.3. The third-order valence-corrected chi connectivity index (χ3v) is 18.1. The molecule has 4 amide bonds. The van der Waals surface area contributed by atoms with E-state index in [0.29, 0.717) is 31.0 Å². The topological polar surface area (TPSA) is 207 Å². The number of amides is 4. The molecule has 2 fully saturated rings. The number of fused-ring (bicyclic) bond motifs is 1. The number of nitrogens with two attached hydrogens (primary N) is 1. The summed E-state index contributed by atoms with van der Waals surface area (Å²) in [7, 11) is 0. The second kappa shape index (κ2) is 26.3. The molecular weight excluding hydrogens is 1110 g/mol. The summed E-state index contributed by atoms with van der Waals surface area (Å²) in [6.07, 6.45) is -2.88. The molecule has 0 aliphatic carbocycles. The number of likely N-dealkylation sites (tertiary alicyclic amines) is 1. The molecule has 0 saturated carbocycles. The van der Waals surface area contributed by atoms with Gasteiger partial charge in [0.1, 0.15) is 46.7 Å². The minimum Gasteiger partial charge on any atom is -0.484 e. The highest BCUT2D eigenvalue weighted by Gasteiger charge is 2.45. The van der Waals surface area contributed by atoms with Crippen molar-refractivity contribution in [1.82, 2.24) is 39.9 Å². The van der Waals surface area contributed by atoms with Gasteiger partial charge < -0.3 is 40.6 Å². The summed E-state index contributed by atoms with van der Waals surface area (Å²) in [5.74, 6) is -1.96. The van der Waals surface area contributed by atoms with Crippen molar-refractivity contribution in [1.29, 1.82) is 0 Å². The maximum Gasteiger partial charge on any atom is 0.416 e. The fourth-order valence-electron chi connectivity index (χ4n) is 10.6. The monoisotopic (exact) mass is 1190 g/mol. The van der Waals surface area contributed by atoms with Gasteiger partial charge in [0.2, 0.25) is 17.7 Å². The van der Waals surface area contributed by atoms with Gasteiger partial charge in [-0.25, -0.2) is 9.97 Å². The Morgan fingerprint density at radius 1 is 0.880 bits per heavy atom. The van der Waals surface area contributed by atoms with Crippen molar-refractivity contribution in [3.63, 3.8) is 0 Å². The molecule has 2 saturated heterocycles. The number of carbonyl (C=O) groups is 4. The summed E-state index contributed by atoms with van der Waals surface area (Å²) >= 11 is 2.65. The molecule has 0 radical (unpaired) electrons. The number of nitrogens with zero attached hydrogens (tertiary/aromatic N) is 6. The summed E-state index contributed by atoms with van der Waals surface area (Å²) in [6, 6.07) is 18.8. The number of aromatic nitrogens is 3. The maximum absolute atomic E-state index is 14.3. The van der Waals surface area contributed by atoms with E-state index in [9.17, 15) is 37.5 Å². The molecule has 3 aromatic heterocycles. The van der Waals surface area contributed by atoms with Crippen LogP contribution in [-0.4, -0.2) is 140 Å². The van der Waals surface area contributed by atoms with Gasteiger partial charge in [-0.05, 0) is 87.3 Å². The number of imidazole rings is 1. The first kappa shape index (κ1) is 62.8. The first-order valence-corrected chi connectivity index (χ1v) is 30.0. The van der Waals surface area contributed by atoms with Crippen molar-refractivity contribution < 1.29 is 51.7 Å². The standard InChI is InChI=1S/C61H78F3N9O8S2/c1-10-59(8,80-34-50(75)69-54(58(5,6)7)57(78)72-33-43(74)29-48(72)56(77)66-31-40-16-19-42(20-17-40)52-38(3)68-37-82-52)22-27-79-60(9,11-2)35-71-25-23-70(24-26-71)32-41-18-21-46-47(28-41)73(36-67-46)51-30-49(53(83-51)55(65)76)81-39(4)44-14-12-13-15-45(44)61(62,63)64/h12-21,28,30,36-37,39,43,48,54,74H,10-11,22-27,29,31-35H2,1-9H3,(H2,65,76)(H,66,77)(H,69,75)/t39-,43?,48+,54-,59?,60?/m1/s1. The van der Waals surface area contributed by atoms with Crippen LogP contribution in [0.4, 0.5) is 13.2 Å². The number of benzene rings is 3. The number of halogens is 3. The smallest absolute Gasteiger partial charge is 0.416 e. The number of piperazine rings is 1. The van der Waals surface area contributed by atoms with E-state index >= 15 is 0 Å². The number of carbonyl (C=O) groups excluding carboxylic acids is 4. The predicted octanol–water partition coefficient (Wildman–Crippen LogP) is 9.46. The number of nitrogens with one attached hydrogen (secondary N) is 2. The normalized spacial score (nSPS) is 18.6. The lowest BCUT2D eigenvalue weighted by atomic mass is 9.85. The van der Waals surface area contributed by atoms with E-state index in [1.807, 2.05) is 88.0 Å². The Balaban J connectivity index is 0.798. The van der Waals surface area contributed by atoms with Crippen molar-refractivity contribution in [3.8, 4) is 21.2 Å². The molecule has 0 spiro atoms. The van der Waals surface area contributed by atoms with Gasteiger partial charge in [0, 0.05) is 70.4 Å². The van der Waals surface area contributed by atoms with Crippen LogP contribution in [0.5, 0.6) is 5.75 Å². The molecule has 6 atom stereocenters. The SMILES string of the molecule is CCC(C)(CCOC(C)(CC)CN1CCN(Cc2ccc3ncn(-c4cc(O[C@H](C)c5ccccc5C(F)(F)F)c(C(N)=O)s4)c3c2)CC1)OCC(=O)N[C@H](C(=O)N1CC(O)C[C@H]1C(=O)NCc1ccc(-c2scnc2C)cc1)C(C)(C)C. The van der Waals surface area contributed by atoms with Crippen molar-refractivity contribution in [2.45, 2.75) is 143 Å². The summed E-state index contributed by atoms with van der Waals surface area (Å²) in [4.78, 5) is 70.5. The molecule has 2 aliphatic rings. The highest BCUT2D eigenvalue weighted by atomic mass is 32.1. The summed E-state index contributed by atoms with van der Waals surface area (Å²) in [5.41, 5.74) is 10.3. The highest BCUT2D eigenvalue weighted by molar-refractivity contribution is 7.16. The number of aliphatic hydroxyl groups is 1. The summed E-state index contributed by atoms with van der Waals surface area (Å²) < 4.78 is 62.4. The number of hydrogen-bond donors (Lipinski definition) is 4. The quantitative estimate of drug-likeness (QED) is 0.0447. The zero-order valence-electron chi connectivity index (χ0n) is 48.8. The van der Waals surface area contributed by atoms with E-state index in [4.69, 9.17) is 19.9 Å². The number of thiazole rings is 1. The first-order chi connectivity index (χ1) is 39.3. The Kier molecular flexibility index (Phi) is 19.9. The third kappa shape index (κ3) is 15.5. The van der Waals surface area contributed by atoms with Crippen LogP contribution >= 0.6 is 22.7 Å². The number of primary amides is 1. The van der Waals surface area contributed by atoms with Crippen molar-refractivity contribution in [3.05, 3.63) is 117 Å². The summed E-state index contributed by atoms with van der Waals surface area (Å²) in [5, 5.41) is 17.2. The second-order valence-electron chi connectivity index (χ2n) is 23.4. The molecule has 83 heavy (non-hydrogen) atoms. The maximum atomic E-state index is 14.3. The number of hydrogen-bond acceptors (Lipinski definition) is 14. The van der Waals surface area contributed by atoms with Gasteiger partial charge in [-0.2, -0.15) is 13.2 Å². The molecule has 5 N–H and O–H groups in total. The Hall–Kier alpha value is -6.27. The molecular formula is C61H78F3N9O8S2. The van der Waals surface area contributed by atoms with Crippen LogP contribution in [0.3, 0.4) is 0 Å². The van der Waals surface area contributed by atoms with E-state index in [2.05, 4.69) is 50.3 Å². The third-order valence-electron chi connectivity index (χ3n) is 16.0. The average molecular weight is 1190 g/mol. The second-order valence-corrected chi connectivity index (χ2v) is 25.3. The predicted molar refractivity (Wildman–Crippen MR) is 315 cm³/mol. The van der Waals surface area contributed by atoms with E-state index in [0.717, 1.165) is 94.8 Å². The zero-order valence-corrected chi connectivity index (χ0v) is 50.4. The fraction of sp³-hybridized carbons (Fsp3) is 0.508. The number of ether oxygens (including phenoxy) is 3. The average Bonchev–Trinajstić information content (AvgIpc) is 3.13. The minimum absolute atomic E-state index is 0.0323. The van der Waals surface area contributed by atoms with E-state index < -0.39 is 70.4 Å². The van der Waals surface area contributed by atoms with Gasteiger partial charge in [-0.1, -0.05) is 83.1 Å². The molecule has 8 rings (SSSR count). The van der Waals surface area contributed by atoms with Gasteiger partial charge in [-0.3, -0.25) is 33.5 Å². The lowest BCUT2D eigenvalue weighted by Crippen LogP contribution is -2.58. The Morgan fingerprint density at radius 3 is 2.22 bits per heavy atom. The lowest BCUT2D eigenvalue weighted by Gasteiger charge is -2.40. The molecule has 22 heteroatoms. The van der Waals surface area contributed by atoms with Gasteiger partial charge in [0.15, 0.2) is 0 Å². The molecule has 6 aromatic rings. The minimum atomic E-state index is -4.58. The van der Waals surface area contributed by atoms with Crippen LogP contribution in [-0.2, 0) is 43.1 Å². The van der Waals surface area contributed by atoms with Gasteiger partial charge in [-0.15, -0.1) is 22.7 Å². The van der Waals surface area contributed by atoms with E-state index in [1.165, 1.54) is 30.0 Å². The molecule has 3 aromatic carbocycles. The van der Waals surface area contributed by atoms with E-state index in [-0.39, 0.29) is 48.2 Å². The van der Waals surface area contributed by atoms with Crippen LogP contribution in [0.15, 0.2) is 84.6 Å². The number of alkyl halides is 3.